The van der Waals surface area contributed by atoms with E-state index in [1.807, 2.05) is 19.9 Å². The molecule has 0 fully saturated rings. The fourth-order valence-electron chi connectivity index (χ4n) is 1.37. The van der Waals surface area contributed by atoms with Crippen molar-refractivity contribution in [3.8, 4) is 6.07 Å². The van der Waals surface area contributed by atoms with Crippen molar-refractivity contribution in [1.82, 2.24) is 5.32 Å². The van der Waals surface area contributed by atoms with Gasteiger partial charge in [0.25, 0.3) is 0 Å². The van der Waals surface area contributed by atoms with Gasteiger partial charge in [-0.1, -0.05) is 19.9 Å². The molecular weight excluding hydrogens is 219 g/mol. The molecular formula is C13H17FN2O. The third-order valence-corrected chi connectivity index (χ3v) is 2.51. The molecule has 0 saturated heterocycles. The smallest absolute Gasteiger partial charge is 0.140 e. The minimum absolute atomic E-state index is 0.0609. The molecule has 92 valence electrons. The molecule has 2 N–H and O–H groups in total. The van der Waals surface area contributed by atoms with Crippen LogP contribution in [0.5, 0.6) is 0 Å². The van der Waals surface area contributed by atoms with Crippen LogP contribution < -0.4 is 5.32 Å². The number of nitriles is 1. The maximum atomic E-state index is 13.1. The number of benzene rings is 1. The van der Waals surface area contributed by atoms with Crippen LogP contribution in [0.25, 0.3) is 0 Å². The largest absolute Gasteiger partial charge is 0.396 e. The summed E-state index contributed by atoms with van der Waals surface area (Å²) in [5.74, 6) is -0.494. The first-order valence-corrected chi connectivity index (χ1v) is 5.48. The van der Waals surface area contributed by atoms with Crippen LogP contribution in [0.4, 0.5) is 4.39 Å². The summed E-state index contributed by atoms with van der Waals surface area (Å²) >= 11 is 0. The molecule has 4 heteroatoms. The number of aliphatic hydroxyl groups is 1. The van der Waals surface area contributed by atoms with Gasteiger partial charge in [0.1, 0.15) is 11.9 Å². The molecule has 0 unspecified atom stereocenters. The van der Waals surface area contributed by atoms with Gasteiger partial charge in [0.05, 0.1) is 5.56 Å². The summed E-state index contributed by atoms with van der Waals surface area (Å²) in [7, 11) is 0. The third-order valence-electron chi connectivity index (χ3n) is 2.51. The number of nitrogens with zero attached hydrogens (tertiary/aromatic N) is 1. The molecule has 0 aliphatic carbocycles. The molecule has 0 aliphatic heterocycles. The highest BCUT2D eigenvalue weighted by Crippen LogP contribution is 2.13. The van der Waals surface area contributed by atoms with Gasteiger partial charge in [0.2, 0.25) is 0 Å². The SMILES string of the molecule is CC(C)(CO)CNCc1ccc(F)c(C#N)c1. The molecule has 0 saturated carbocycles. The van der Waals surface area contributed by atoms with Gasteiger partial charge >= 0.3 is 0 Å². The Morgan fingerprint density at radius 3 is 2.76 bits per heavy atom. The fourth-order valence-corrected chi connectivity index (χ4v) is 1.37. The molecule has 0 radical (unpaired) electrons. The molecule has 0 heterocycles. The van der Waals surface area contributed by atoms with Crippen LogP contribution in [-0.4, -0.2) is 18.3 Å². The molecule has 0 amide bonds. The van der Waals surface area contributed by atoms with Crippen LogP contribution in [0.3, 0.4) is 0 Å². The Hall–Kier alpha value is -1.44. The molecule has 1 aromatic carbocycles. The Morgan fingerprint density at radius 2 is 2.18 bits per heavy atom. The lowest BCUT2D eigenvalue weighted by atomic mass is 9.95. The molecule has 0 atom stereocenters. The first-order chi connectivity index (χ1) is 7.98. The molecule has 0 aliphatic rings. The molecule has 0 spiro atoms. The normalized spacial score (nSPS) is 11.2. The topological polar surface area (TPSA) is 56.0 Å². The van der Waals surface area contributed by atoms with Crippen LogP contribution >= 0.6 is 0 Å². The van der Waals surface area contributed by atoms with Crippen molar-refractivity contribution >= 4 is 0 Å². The third kappa shape index (κ3) is 4.14. The minimum Gasteiger partial charge on any atom is -0.396 e. The summed E-state index contributed by atoms with van der Waals surface area (Å²) in [4.78, 5) is 0. The zero-order chi connectivity index (χ0) is 12.9. The summed E-state index contributed by atoms with van der Waals surface area (Å²) < 4.78 is 13.1. The average Bonchev–Trinajstić information content (AvgIpc) is 2.31. The maximum Gasteiger partial charge on any atom is 0.140 e. The molecule has 3 nitrogen and oxygen atoms in total. The van der Waals surface area contributed by atoms with Crippen molar-refractivity contribution in [3.05, 3.63) is 35.1 Å². The van der Waals surface area contributed by atoms with E-state index < -0.39 is 5.82 Å². The van der Waals surface area contributed by atoms with Gasteiger partial charge in [-0.05, 0) is 17.7 Å². The van der Waals surface area contributed by atoms with Gasteiger partial charge in [-0.2, -0.15) is 5.26 Å². The van der Waals surface area contributed by atoms with E-state index in [0.717, 1.165) is 5.56 Å². The van der Waals surface area contributed by atoms with Gasteiger partial charge in [-0.3, -0.25) is 0 Å². The van der Waals surface area contributed by atoms with E-state index in [9.17, 15) is 4.39 Å². The van der Waals surface area contributed by atoms with Crippen LogP contribution in [0.2, 0.25) is 0 Å². The summed E-state index contributed by atoms with van der Waals surface area (Å²) in [5, 5.41) is 20.9. The highest BCUT2D eigenvalue weighted by atomic mass is 19.1. The number of hydrogen-bond acceptors (Lipinski definition) is 3. The monoisotopic (exact) mass is 236 g/mol. The molecule has 1 rings (SSSR count). The Kier molecular flexibility index (Phi) is 4.62. The zero-order valence-electron chi connectivity index (χ0n) is 10.1. The summed E-state index contributed by atoms with van der Waals surface area (Å²) in [6, 6.07) is 6.29. The van der Waals surface area contributed by atoms with Gasteiger partial charge in [-0.25, -0.2) is 4.39 Å². The summed E-state index contributed by atoms with van der Waals surface area (Å²) in [6.07, 6.45) is 0. The average molecular weight is 236 g/mol. The zero-order valence-corrected chi connectivity index (χ0v) is 10.1. The van der Waals surface area contributed by atoms with Crippen molar-refractivity contribution in [2.45, 2.75) is 20.4 Å². The predicted molar refractivity (Wildman–Crippen MR) is 63.7 cm³/mol. The van der Waals surface area contributed by atoms with E-state index in [4.69, 9.17) is 10.4 Å². The standard InChI is InChI=1S/C13H17FN2O/c1-13(2,9-17)8-16-7-10-3-4-12(14)11(5-10)6-15/h3-5,16-17H,7-9H2,1-2H3. The van der Waals surface area contributed by atoms with E-state index in [1.165, 1.54) is 12.1 Å². The molecule has 0 aromatic heterocycles. The van der Waals surface area contributed by atoms with E-state index in [0.29, 0.717) is 13.1 Å². The van der Waals surface area contributed by atoms with Crippen molar-refractivity contribution < 1.29 is 9.50 Å². The lowest BCUT2D eigenvalue weighted by molar-refractivity contribution is 0.156. The second kappa shape index (κ2) is 5.76. The predicted octanol–water partition coefficient (Wildman–Crippen LogP) is 1.81. The number of halogens is 1. The van der Waals surface area contributed by atoms with Crippen molar-refractivity contribution in [2.24, 2.45) is 5.41 Å². The molecule has 17 heavy (non-hydrogen) atoms. The number of hydrogen-bond donors (Lipinski definition) is 2. The quantitative estimate of drug-likeness (QED) is 0.819. The highest BCUT2D eigenvalue weighted by molar-refractivity contribution is 5.34. The van der Waals surface area contributed by atoms with Crippen molar-refractivity contribution in [1.29, 1.82) is 5.26 Å². The molecule has 0 bridgehead atoms. The first kappa shape index (κ1) is 13.6. The Bertz CT molecular complexity index is 424. The van der Waals surface area contributed by atoms with Gasteiger partial charge in [-0.15, -0.1) is 0 Å². The van der Waals surface area contributed by atoms with Crippen LogP contribution in [0, 0.1) is 22.6 Å². The molecule has 1 aromatic rings. The van der Waals surface area contributed by atoms with Gasteiger partial charge in [0.15, 0.2) is 0 Å². The Morgan fingerprint density at radius 1 is 1.47 bits per heavy atom. The summed E-state index contributed by atoms with van der Waals surface area (Å²) in [5.41, 5.74) is 0.736. The Labute approximate surface area is 101 Å². The first-order valence-electron chi connectivity index (χ1n) is 5.48. The second-order valence-electron chi connectivity index (χ2n) is 4.85. The minimum atomic E-state index is -0.494. The highest BCUT2D eigenvalue weighted by Gasteiger charge is 2.15. The fraction of sp³-hybridized carbons (Fsp3) is 0.462. The van der Waals surface area contributed by atoms with E-state index in [-0.39, 0.29) is 17.6 Å². The second-order valence-corrected chi connectivity index (χ2v) is 4.85. The van der Waals surface area contributed by atoms with Crippen LogP contribution in [0.15, 0.2) is 18.2 Å². The van der Waals surface area contributed by atoms with Gasteiger partial charge in [0, 0.05) is 25.1 Å². The number of aliphatic hydroxyl groups excluding tert-OH is 1. The van der Waals surface area contributed by atoms with Crippen molar-refractivity contribution in [2.75, 3.05) is 13.2 Å². The van der Waals surface area contributed by atoms with Gasteiger partial charge < -0.3 is 10.4 Å². The van der Waals surface area contributed by atoms with E-state index >= 15 is 0 Å². The van der Waals surface area contributed by atoms with Crippen molar-refractivity contribution in [3.63, 3.8) is 0 Å². The summed E-state index contributed by atoms with van der Waals surface area (Å²) in [6.45, 7) is 5.21. The lowest BCUT2D eigenvalue weighted by Gasteiger charge is -2.21. The number of nitrogens with one attached hydrogen (secondary N) is 1. The van der Waals surface area contributed by atoms with E-state index in [2.05, 4.69) is 5.32 Å². The van der Waals surface area contributed by atoms with E-state index in [1.54, 1.807) is 6.07 Å². The van der Waals surface area contributed by atoms with Crippen LogP contribution in [0.1, 0.15) is 25.0 Å². The Balaban J connectivity index is 2.56. The maximum absolute atomic E-state index is 13.1. The lowest BCUT2D eigenvalue weighted by Crippen LogP contribution is -2.31. The number of rotatable bonds is 5. The van der Waals surface area contributed by atoms with Crippen LogP contribution in [-0.2, 0) is 6.54 Å².